The summed E-state index contributed by atoms with van der Waals surface area (Å²) in [5.41, 5.74) is 2.43. The van der Waals surface area contributed by atoms with E-state index in [-0.39, 0.29) is 29.7 Å². The predicted octanol–water partition coefficient (Wildman–Crippen LogP) is 3.84. The maximum Gasteiger partial charge on any atom is 0.255 e. The van der Waals surface area contributed by atoms with Gasteiger partial charge in [0.05, 0.1) is 10.6 Å². The Morgan fingerprint density at radius 3 is 2.15 bits per heavy atom. The van der Waals surface area contributed by atoms with Crippen molar-refractivity contribution in [1.82, 2.24) is 14.7 Å². The first kappa shape index (κ1) is 22.0. The van der Waals surface area contributed by atoms with Crippen molar-refractivity contribution in [3.63, 3.8) is 0 Å². The Labute approximate surface area is 199 Å². The molecule has 33 heavy (non-hydrogen) atoms. The number of nitrogens with zero attached hydrogens (tertiary/aromatic N) is 3. The maximum atomic E-state index is 13.1. The SMILES string of the molecule is O=C(c1ccccc1Cl)N1CCC(C(=O)N2CCC(N3Cc4ccccc4C3=O)CC2)CC1. The van der Waals surface area contributed by atoms with Crippen LogP contribution in [-0.4, -0.2) is 64.6 Å². The highest BCUT2D eigenvalue weighted by molar-refractivity contribution is 6.33. The van der Waals surface area contributed by atoms with Crippen molar-refractivity contribution in [3.05, 3.63) is 70.2 Å². The molecule has 0 saturated carbocycles. The second-order valence-electron chi connectivity index (χ2n) is 9.19. The molecular weight excluding hydrogens is 438 g/mol. The van der Waals surface area contributed by atoms with Gasteiger partial charge in [0, 0.05) is 50.2 Å². The number of piperidine rings is 2. The summed E-state index contributed by atoms with van der Waals surface area (Å²) in [6, 6.07) is 15.1. The number of carbonyl (C=O) groups excluding carboxylic acids is 3. The van der Waals surface area contributed by atoms with Crippen LogP contribution >= 0.6 is 11.6 Å². The average Bonchev–Trinajstić information content (AvgIpc) is 3.20. The standard InChI is InChI=1S/C26H28ClN3O3/c27-23-8-4-3-7-22(23)25(32)29-13-9-18(10-14-29)24(31)28-15-11-20(12-16-28)30-17-19-5-1-2-6-21(19)26(30)33/h1-8,18,20H,9-17H2. The first-order valence-corrected chi connectivity index (χ1v) is 12.1. The molecular formula is C26H28ClN3O3. The molecule has 0 spiro atoms. The van der Waals surface area contributed by atoms with E-state index in [0.717, 1.165) is 24.0 Å². The van der Waals surface area contributed by atoms with Gasteiger partial charge in [0.1, 0.15) is 0 Å². The number of amides is 3. The highest BCUT2D eigenvalue weighted by Crippen LogP contribution is 2.30. The van der Waals surface area contributed by atoms with Gasteiger partial charge in [-0.25, -0.2) is 0 Å². The topological polar surface area (TPSA) is 60.9 Å². The molecule has 0 radical (unpaired) electrons. The van der Waals surface area contributed by atoms with Crippen LogP contribution in [0.15, 0.2) is 48.5 Å². The van der Waals surface area contributed by atoms with Crippen LogP contribution < -0.4 is 0 Å². The van der Waals surface area contributed by atoms with Crippen molar-refractivity contribution in [2.75, 3.05) is 26.2 Å². The third-order valence-corrected chi connectivity index (χ3v) is 7.63. The Balaban J connectivity index is 1.12. The quantitative estimate of drug-likeness (QED) is 0.692. The van der Waals surface area contributed by atoms with Gasteiger partial charge < -0.3 is 14.7 Å². The normalized spacial score (nSPS) is 19.7. The molecule has 2 saturated heterocycles. The lowest BCUT2D eigenvalue weighted by Crippen LogP contribution is -2.50. The summed E-state index contributed by atoms with van der Waals surface area (Å²) in [5.74, 6) is 0.193. The van der Waals surface area contributed by atoms with Crippen molar-refractivity contribution in [2.24, 2.45) is 5.92 Å². The number of hydrogen-bond donors (Lipinski definition) is 0. The molecule has 3 heterocycles. The largest absolute Gasteiger partial charge is 0.342 e. The molecule has 172 valence electrons. The summed E-state index contributed by atoms with van der Waals surface area (Å²) < 4.78 is 0. The number of benzene rings is 2. The van der Waals surface area contributed by atoms with Crippen LogP contribution in [0.1, 0.15) is 52.0 Å². The molecule has 0 atom stereocenters. The average molecular weight is 466 g/mol. The van der Waals surface area contributed by atoms with E-state index in [2.05, 4.69) is 0 Å². The van der Waals surface area contributed by atoms with E-state index in [1.54, 1.807) is 17.0 Å². The fourth-order valence-corrected chi connectivity index (χ4v) is 5.58. The summed E-state index contributed by atoms with van der Waals surface area (Å²) in [7, 11) is 0. The van der Waals surface area contributed by atoms with E-state index >= 15 is 0 Å². The molecule has 5 rings (SSSR count). The molecule has 3 aliphatic heterocycles. The van der Waals surface area contributed by atoms with Gasteiger partial charge in [-0.3, -0.25) is 14.4 Å². The highest BCUT2D eigenvalue weighted by Gasteiger charge is 2.37. The Bertz CT molecular complexity index is 1070. The lowest BCUT2D eigenvalue weighted by atomic mass is 9.93. The molecule has 3 aliphatic rings. The van der Waals surface area contributed by atoms with Crippen molar-refractivity contribution < 1.29 is 14.4 Å². The Hall–Kier alpha value is -2.86. The van der Waals surface area contributed by atoms with Crippen molar-refractivity contribution >= 4 is 29.3 Å². The van der Waals surface area contributed by atoms with Crippen LogP contribution in [0, 0.1) is 5.92 Å². The van der Waals surface area contributed by atoms with Crippen molar-refractivity contribution in [2.45, 2.75) is 38.3 Å². The Morgan fingerprint density at radius 2 is 1.45 bits per heavy atom. The molecule has 0 aliphatic carbocycles. The van der Waals surface area contributed by atoms with E-state index in [1.807, 2.05) is 46.2 Å². The minimum Gasteiger partial charge on any atom is -0.342 e. The number of halogens is 1. The van der Waals surface area contributed by atoms with Gasteiger partial charge in [0.15, 0.2) is 0 Å². The Kier molecular flexibility index (Phi) is 6.11. The first-order chi connectivity index (χ1) is 16.0. The lowest BCUT2D eigenvalue weighted by molar-refractivity contribution is -0.138. The second kappa shape index (κ2) is 9.18. The van der Waals surface area contributed by atoms with E-state index < -0.39 is 0 Å². The van der Waals surface area contributed by atoms with E-state index in [0.29, 0.717) is 56.2 Å². The lowest BCUT2D eigenvalue weighted by Gasteiger charge is -2.39. The molecule has 0 unspecified atom stereocenters. The summed E-state index contributed by atoms with van der Waals surface area (Å²) in [6.45, 7) is 3.17. The van der Waals surface area contributed by atoms with Crippen molar-refractivity contribution in [1.29, 1.82) is 0 Å². The third kappa shape index (κ3) is 4.24. The summed E-state index contributed by atoms with van der Waals surface area (Å²) in [4.78, 5) is 44.4. The second-order valence-corrected chi connectivity index (χ2v) is 9.60. The zero-order valence-electron chi connectivity index (χ0n) is 18.6. The van der Waals surface area contributed by atoms with Crippen LogP contribution in [0.3, 0.4) is 0 Å². The molecule has 0 bridgehead atoms. The van der Waals surface area contributed by atoms with E-state index in [1.165, 1.54) is 0 Å². The van der Waals surface area contributed by atoms with Crippen LogP contribution in [0.4, 0.5) is 0 Å². The highest BCUT2D eigenvalue weighted by atomic mass is 35.5. The molecule has 2 aromatic rings. The molecule has 0 N–H and O–H groups in total. The van der Waals surface area contributed by atoms with Gasteiger partial charge in [-0.15, -0.1) is 0 Å². The maximum absolute atomic E-state index is 13.1. The monoisotopic (exact) mass is 465 g/mol. The zero-order chi connectivity index (χ0) is 22.9. The Morgan fingerprint density at radius 1 is 0.818 bits per heavy atom. The summed E-state index contributed by atoms with van der Waals surface area (Å²) in [6.07, 6.45) is 2.98. The smallest absolute Gasteiger partial charge is 0.255 e. The van der Waals surface area contributed by atoms with Crippen LogP contribution in [0.2, 0.25) is 5.02 Å². The van der Waals surface area contributed by atoms with Gasteiger partial charge in [0.2, 0.25) is 5.91 Å². The molecule has 2 aromatic carbocycles. The van der Waals surface area contributed by atoms with Crippen LogP contribution in [-0.2, 0) is 11.3 Å². The zero-order valence-corrected chi connectivity index (χ0v) is 19.3. The fourth-order valence-electron chi connectivity index (χ4n) is 5.36. The fraction of sp³-hybridized carbons (Fsp3) is 0.423. The first-order valence-electron chi connectivity index (χ1n) is 11.7. The third-order valence-electron chi connectivity index (χ3n) is 7.30. The van der Waals surface area contributed by atoms with Gasteiger partial charge in [-0.2, -0.15) is 0 Å². The van der Waals surface area contributed by atoms with Gasteiger partial charge in [-0.1, -0.05) is 41.9 Å². The number of carbonyl (C=O) groups is 3. The van der Waals surface area contributed by atoms with Crippen LogP contribution in [0.25, 0.3) is 0 Å². The molecule has 7 heteroatoms. The summed E-state index contributed by atoms with van der Waals surface area (Å²) >= 11 is 6.18. The summed E-state index contributed by atoms with van der Waals surface area (Å²) in [5, 5.41) is 0.461. The van der Waals surface area contributed by atoms with Gasteiger partial charge in [-0.05, 0) is 49.4 Å². The number of fused-ring (bicyclic) bond motifs is 1. The number of rotatable bonds is 3. The minimum absolute atomic E-state index is 0.0467. The number of hydrogen-bond acceptors (Lipinski definition) is 3. The molecule has 0 aromatic heterocycles. The van der Waals surface area contributed by atoms with E-state index in [9.17, 15) is 14.4 Å². The van der Waals surface area contributed by atoms with Gasteiger partial charge >= 0.3 is 0 Å². The minimum atomic E-state index is -0.0661. The molecule has 3 amide bonds. The van der Waals surface area contributed by atoms with Crippen molar-refractivity contribution in [3.8, 4) is 0 Å². The van der Waals surface area contributed by atoms with Crippen LogP contribution in [0.5, 0.6) is 0 Å². The van der Waals surface area contributed by atoms with E-state index in [4.69, 9.17) is 11.6 Å². The predicted molar refractivity (Wildman–Crippen MR) is 126 cm³/mol. The molecule has 6 nitrogen and oxygen atoms in total. The molecule has 2 fully saturated rings. The number of likely N-dealkylation sites (tertiary alicyclic amines) is 2. The van der Waals surface area contributed by atoms with Gasteiger partial charge in [0.25, 0.3) is 11.8 Å².